The molecule has 5 heteroatoms. The first-order valence-electron chi connectivity index (χ1n) is 9.00. The maximum atomic E-state index is 12.3. The van der Waals surface area contributed by atoms with Crippen LogP contribution in [-0.2, 0) is 9.59 Å². The topological polar surface area (TPSA) is 43.9 Å². The molecule has 2 heterocycles. The van der Waals surface area contributed by atoms with Gasteiger partial charge in [-0.1, -0.05) is 6.42 Å². The average molecular weight is 307 g/mol. The van der Waals surface area contributed by atoms with Crippen LogP contribution in [0.1, 0.15) is 44.9 Å². The third kappa shape index (κ3) is 4.00. The minimum Gasteiger partial charge on any atom is -0.343 e. The molecule has 0 bridgehead atoms. The van der Waals surface area contributed by atoms with Gasteiger partial charge in [0.1, 0.15) is 0 Å². The lowest BCUT2D eigenvalue weighted by molar-refractivity contribution is -0.134. The van der Waals surface area contributed by atoms with E-state index in [4.69, 9.17) is 0 Å². The van der Waals surface area contributed by atoms with Crippen LogP contribution < -0.4 is 0 Å². The van der Waals surface area contributed by atoms with E-state index in [1.165, 1.54) is 25.8 Å². The molecular formula is C17H29N3O2. The normalized spacial score (nSPS) is 23.9. The lowest BCUT2D eigenvalue weighted by atomic mass is 9.85. The zero-order valence-corrected chi connectivity index (χ0v) is 13.6. The molecule has 0 atom stereocenters. The molecule has 3 fully saturated rings. The maximum Gasteiger partial charge on any atom is 0.222 e. The monoisotopic (exact) mass is 307 g/mol. The van der Waals surface area contributed by atoms with Gasteiger partial charge in [-0.05, 0) is 31.6 Å². The van der Waals surface area contributed by atoms with Gasteiger partial charge in [0.05, 0.1) is 0 Å². The van der Waals surface area contributed by atoms with Crippen LogP contribution in [0.2, 0.25) is 0 Å². The van der Waals surface area contributed by atoms with E-state index in [1.54, 1.807) is 0 Å². The molecular weight excluding hydrogens is 278 g/mol. The number of amides is 2. The fourth-order valence-corrected chi connectivity index (χ4v) is 3.74. The van der Waals surface area contributed by atoms with Gasteiger partial charge < -0.3 is 9.80 Å². The van der Waals surface area contributed by atoms with Crippen LogP contribution >= 0.6 is 0 Å². The van der Waals surface area contributed by atoms with Crippen LogP contribution in [-0.4, -0.2) is 72.3 Å². The Morgan fingerprint density at radius 3 is 2.41 bits per heavy atom. The van der Waals surface area contributed by atoms with Gasteiger partial charge in [0.15, 0.2) is 0 Å². The summed E-state index contributed by atoms with van der Waals surface area (Å²) in [6.45, 7) is 6.71. The Hall–Kier alpha value is -1.10. The second kappa shape index (κ2) is 7.44. The first kappa shape index (κ1) is 15.8. The van der Waals surface area contributed by atoms with Crippen molar-refractivity contribution in [3.05, 3.63) is 0 Å². The Morgan fingerprint density at radius 2 is 1.82 bits per heavy atom. The quantitative estimate of drug-likeness (QED) is 0.744. The molecule has 2 aliphatic heterocycles. The SMILES string of the molecule is O=C1CCCN1CCCC(=O)N1CCN(CC2CCC2)CC1. The number of likely N-dealkylation sites (tertiary alicyclic amines) is 1. The Balaban J connectivity index is 1.30. The van der Waals surface area contributed by atoms with Gasteiger partial charge in [0.2, 0.25) is 11.8 Å². The van der Waals surface area contributed by atoms with Crippen LogP contribution in [0.15, 0.2) is 0 Å². The number of piperazine rings is 1. The van der Waals surface area contributed by atoms with Crippen LogP contribution in [0, 0.1) is 5.92 Å². The van der Waals surface area contributed by atoms with Crippen molar-refractivity contribution in [3.8, 4) is 0 Å². The van der Waals surface area contributed by atoms with Crippen molar-refractivity contribution >= 4 is 11.8 Å². The van der Waals surface area contributed by atoms with Gasteiger partial charge in [0, 0.05) is 58.7 Å². The fraction of sp³-hybridized carbons (Fsp3) is 0.882. The van der Waals surface area contributed by atoms with Crippen molar-refractivity contribution in [2.24, 2.45) is 5.92 Å². The molecule has 0 spiro atoms. The maximum absolute atomic E-state index is 12.3. The molecule has 0 unspecified atom stereocenters. The highest BCUT2D eigenvalue weighted by Crippen LogP contribution is 2.27. The number of rotatable bonds is 6. The van der Waals surface area contributed by atoms with Crippen LogP contribution in [0.3, 0.4) is 0 Å². The molecule has 0 N–H and O–H groups in total. The second-order valence-corrected chi connectivity index (χ2v) is 7.07. The highest BCUT2D eigenvalue weighted by atomic mass is 16.2. The Labute approximate surface area is 133 Å². The van der Waals surface area contributed by atoms with Crippen LogP contribution in [0.25, 0.3) is 0 Å². The summed E-state index contributed by atoms with van der Waals surface area (Å²) in [5.41, 5.74) is 0. The van der Waals surface area contributed by atoms with E-state index in [0.717, 1.165) is 58.0 Å². The summed E-state index contributed by atoms with van der Waals surface area (Å²) in [7, 11) is 0. The molecule has 0 radical (unpaired) electrons. The summed E-state index contributed by atoms with van der Waals surface area (Å²) < 4.78 is 0. The third-order valence-electron chi connectivity index (χ3n) is 5.46. The molecule has 0 aromatic rings. The zero-order chi connectivity index (χ0) is 15.4. The molecule has 22 heavy (non-hydrogen) atoms. The molecule has 2 amide bonds. The van der Waals surface area contributed by atoms with Crippen LogP contribution in [0.5, 0.6) is 0 Å². The largest absolute Gasteiger partial charge is 0.343 e. The van der Waals surface area contributed by atoms with Gasteiger partial charge in [-0.25, -0.2) is 0 Å². The lowest BCUT2D eigenvalue weighted by Gasteiger charge is -2.38. The number of hydrogen-bond donors (Lipinski definition) is 0. The highest BCUT2D eigenvalue weighted by Gasteiger charge is 2.25. The van der Waals surface area contributed by atoms with Gasteiger partial charge in [-0.2, -0.15) is 0 Å². The molecule has 1 aliphatic carbocycles. The van der Waals surface area contributed by atoms with Gasteiger partial charge in [-0.15, -0.1) is 0 Å². The van der Waals surface area contributed by atoms with Crippen molar-refractivity contribution in [1.29, 1.82) is 0 Å². The van der Waals surface area contributed by atoms with Crippen molar-refractivity contribution in [2.45, 2.75) is 44.9 Å². The summed E-state index contributed by atoms with van der Waals surface area (Å²) in [4.78, 5) is 30.2. The van der Waals surface area contributed by atoms with E-state index >= 15 is 0 Å². The van der Waals surface area contributed by atoms with E-state index < -0.39 is 0 Å². The predicted octanol–water partition coefficient (Wildman–Crippen LogP) is 1.33. The number of hydrogen-bond acceptors (Lipinski definition) is 3. The zero-order valence-electron chi connectivity index (χ0n) is 13.6. The van der Waals surface area contributed by atoms with Crippen molar-refractivity contribution in [1.82, 2.24) is 14.7 Å². The predicted molar refractivity (Wildman–Crippen MR) is 85.4 cm³/mol. The number of carbonyl (C=O) groups is 2. The Kier molecular flexibility index (Phi) is 5.34. The molecule has 124 valence electrons. The van der Waals surface area contributed by atoms with Crippen molar-refractivity contribution in [3.63, 3.8) is 0 Å². The summed E-state index contributed by atoms with van der Waals surface area (Å²) in [6, 6.07) is 0. The molecule has 2 saturated heterocycles. The second-order valence-electron chi connectivity index (χ2n) is 7.07. The molecule has 3 aliphatic rings. The molecule has 1 saturated carbocycles. The fourth-order valence-electron chi connectivity index (χ4n) is 3.74. The van der Waals surface area contributed by atoms with E-state index in [9.17, 15) is 9.59 Å². The summed E-state index contributed by atoms with van der Waals surface area (Å²) in [5, 5.41) is 0. The minimum atomic E-state index is 0.261. The van der Waals surface area contributed by atoms with Crippen molar-refractivity contribution in [2.75, 3.05) is 45.8 Å². The van der Waals surface area contributed by atoms with E-state index in [1.807, 2.05) is 9.80 Å². The molecule has 0 aromatic carbocycles. The minimum absolute atomic E-state index is 0.261. The summed E-state index contributed by atoms with van der Waals surface area (Å²) >= 11 is 0. The molecule has 3 rings (SSSR count). The Morgan fingerprint density at radius 1 is 1.05 bits per heavy atom. The Bertz CT molecular complexity index is 401. The van der Waals surface area contributed by atoms with Gasteiger partial charge >= 0.3 is 0 Å². The first-order chi connectivity index (χ1) is 10.7. The van der Waals surface area contributed by atoms with Crippen LogP contribution in [0.4, 0.5) is 0 Å². The molecule has 5 nitrogen and oxygen atoms in total. The van der Waals surface area contributed by atoms with Gasteiger partial charge in [-0.3, -0.25) is 14.5 Å². The standard InChI is InChI=1S/C17H29N3O2/c21-16-6-2-8-19(16)9-3-7-17(22)20-12-10-18(11-13-20)14-15-4-1-5-15/h15H,1-14H2. The summed E-state index contributed by atoms with van der Waals surface area (Å²) in [5.74, 6) is 1.45. The third-order valence-corrected chi connectivity index (χ3v) is 5.46. The highest BCUT2D eigenvalue weighted by molar-refractivity contribution is 5.78. The average Bonchev–Trinajstić information content (AvgIpc) is 2.89. The summed E-state index contributed by atoms with van der Waals surface area (Å²) in [6.07, 6.45) is 7.28. The molecule has 0 aromatic heterocycles. The van der Waals surface area contributed by atoms with E-state index in [2.05, 4.69) is 4.90 Å². The van der Waals surface area contributed by atoms with E-state index in [-0.39, 0.29) is 11.8 Å². The first-order valence-corrected chi connectivity index (χ1v) is 9.00. The van der Waals surface area contributed by atoms with Gasteiger partial charge in [0.25, 0.3) is 0 Å². The number of nitrogens with zero attached hydrogens (tertiary/aromatic N) is 3. The number of carbonyl (C=O) groups excluding carboxylic acids is 2. The smallest absolute Gasteiger partial charge is 0.222 e. The van der Waals surface area contributed by atoms with Crippen molar-refractivity contribution < 1.29 is 9.59 Å². The van der Waals surface area contributed by atoms with E-state index in [0.29, 0.717) is 12.8 Å². The lowest BCUT2D eigenvalue weighted by Crippen LogP contribution is -2.50.